The zero-order valence-corrected chi connectivity index (χ0v) is 7.84. The highest BCUT2D eigenvalue weighted by Gasteiger charge is 2.29. The Balaban J connectivity index is 2.33. The predicted octanol–water partition coefficient (Wildman–Crippen LogP) is 0.819. The zero-order valence-electron chi connectivity index (χ0n) is 7.02. The van der Waals surface area contributed by atoms with E-state index >= 15 is 0 Å². The summed E-state index contributed by atoms with van der Waals surface area (Å²) in [7, 11) is -3.20. The molecule has 1 heterocycles. The van der Waals surface area contributed by atoms with Crippen LogP contribution in [0, 0.1) is 0 Å². The number of para-hydroxylation sites is 2. The summed E-state index contributed by atoms with van der Waals surface area (Å²) in [4.78, 5) is 0. The molecule has 0 fully saturated rings. The van der Waals surface area contributed by atoms with Crippen molar-refractivity contribution in [1.29, 1.82) is 0 Å². The Hall–Kier alpha value is -1.23. The van der Waals surface area contributed by atoms with Crippen LogP contribution < -0.4 is 10.1 Å². The molecule has 13 heavy (non-hydrogen) atoms. The highest BCUT2D eigenvalue weighted by molar-refractivity contribution is 7.91. The number of hydrogen-bond acceptors (Lipinski definition) is 4. The summed E-state index contributed by atoms with van der Waals surface area (Å²) in [6.07, 6.45) is 1.14. The molecule has 0 bridgehead atoms. The molecule has 0 amide bonds. The standard InChI is InChI=1S/C8H9NO3S/c1-13(10,11)8-9-6-4-2-3-5-7(6)12-8/h2-5,8-9H,1H3. The van der Waals surface area contributed by atoms with E-state index in [4.69, 9.17) is 4.74 Å². The minimum Gasteiger partial charge on any atom is -0.454 e. The molecule has 0 aromatic heterocycles. The zero-order chi connectivity index (χ0) is 9.47. The first-order valence-electron chi connectivity index (χ1n) is 3.78. The molecule has 5 heteroatoms. The lowest BCUT2D eigenvalue weighted by molar-refractivity contribution is 0.324. The third-order valence-electron chi connectivity index (χ3n) is 1.78. The number of fused-ring (bicyclic) bond motifs is 1. The second-order valence-corrected chi connectivity index (χ2v) is 5.01. The fraction of sp³-hybridized carbons (Fsp3) is 0.250. The highest BCUT2D eigenvalue weighted by atomic mass is 32.2. The lowest BCUT2D eigenvalue weighted by atomic mass is 10.3. The van der Waals surface area contributed by atoms with Gasteiger partial charge in [-0.1, -0.05) is 12.1 Å². The predicted molar refractivity (Wildman–Crippen MR) is 49.3 cm³/mol. The number of hydrogen-bond donors (Lipinski definition) is 1. The number of benzene rings is 1. The number of rotatable bonds is 1. The highest BCUT2D eigenvalue weighted by Crippen LogP contribution is 2.32. The Kier molecular flexibility index (Phi) is 1.69. The Morgan fingerprint density at radius 1 is 1.38 bits per heavy atom. The molecular weight excluding hydrogens is 190 g/mol. The topological polar surface area (TPSA) is 55.4 Å². The van der Waals surface area contributed by atoms with Gasteiger partial charge in [-0.05, 0) is 12.1 Å². The van der Waals surface area contributed by atoms with E-state index in [0.717, 1.165) is 11.9 Å². The molecule has 0 saturated carbocycles. The Bertz CT molecular complexity index is 402. The van der Waals surface area contributed by atoms with E-state index in [1.165, 1.54) is 0 Å². The molecule has 1 unspecified atom stereocenters. The summed E-state index contributed by atoms with van der Waals surface area (Å²) in [5, 5.41) is 2.76. The monoisotopic (exact) mass is 199 g/mol. The quantitative estimate of drug-likeness (QED) is 0.727. The van der Waals surface area contributed by atoms with Crippen LogP contribution in [-0.4, -0.2) is 20.2 Å². The van der Waals surface area contributed by atoms with Gasteiger partial charge in [-0.25, -0.2) is 8.42 Å². The SMILES string of the molecule is CS(=O)(=O)C1Nc2ccccc2O1. The molecule has 0 spiro atoms. The maximum Gasteiger partial charge on any atom is 0.272 e. The van der Waals surface area contributed by atoms with Crippen molar-refractivity contribution >= 4 is 15.5 Å². The Morgan fingerprint density at radius 2 is 2.08 bits per heavy atom. The summed E-state index contributed by atoms with van der Waals surface area (Å²) in [5.41, 5.74) is -0.220. The largest absolute Gasteiger partial charge is 0.454 e. The molecule has 1 aliphatic heterocycles. The van der Waals surface area contributed by atoms with E-state index in [-0.39, 0.29) is 0 Å². The van der Waals surface area contributed by atoms with Crippen LogP contribution in [0.25, 0.3) is 0 Å². The molecule has 70 valence electrons. The fourth-order valence-corrected chi connectivity index (χ4v) is 1.77. The second-order valence-electron chi connectivity index (χ2n) is 2.92. The Labute approximate surface area is 76.4 Å². The molecule has 0 aliphatic carbocycles. The van der Waals surface area contributed by atoms with Crippen molar-refractivity contribution in [3.05, 3.63) is 24.3 Å². The molecule has 4 nitrogen and oxygen atoms in total. The summed E-state index contributed by atoms with van der Waals surface area (Å²) in [5.74, 6) is 0.581. The number of sulfone groups is 1. The average molecular weight is 199 g/mol. The third-order valence-corrected chi connectivity index (χ3v) is 2.78. The molecule has 1 N–H and O–H groups in total. The molecule has 0 radical (unpaired) electrons. The summed E-state index contributed by atoms with van der Waals surface area (Å²) >= 11 is 0. The first-order valence-corrected chi connectivity index (χ1v) is 5.74. The van der Waals surface area contributed by atoms with Crippen LogP contribution in [-0.2, 0) is 9.84 Å². The Morgan fingerprint density at radius 3 is 2.69 bits per heavy atom. The normalized spacial score (nSPS) is 20.2. The van der Waals surface area contributed by atoms with Gasteiger partial charge < -0.3 is 10.1 Å². The number of nitrogens with one attached hydrogen (secondary N) is 1. The van der Waals surface area contributed by atoms with Gasteiger partial charge in [-0.3, -0.25) is 0 Å². The van der Waals surface area contributed by atoms with Crippen molar-refractivity contribution < 1.29 is 13.2 Å². The van der Waals surface area contributed by atoms with Crippen LogP contribution in [0.1, 0.15) is 0 Å². The van der Waals surface area contributed by atoms with Crippen molar-refractivity contribution in [1.82, 2.24) is 0 Å². The maximum absolute atomic E-state index is 11.1. The maximum atomic E-state index is 11.1. The third kappa shape index (κ3) is 1.47. The van der Waals surface area contributed by atoms with Crippen molar-refractivity contribution in [2.45, 2.75) is 5.56 Å². The molecular formula is C8H9NO3S. The van der Waals surface area contributed by atoms with Crippen molar-refractivity contribution in [3.63, 3.8) is 0 Å². The number of ether oxygens (including phenoxy) is 1. The molecule has 1 aromatic carbocycles. The molecule has 2 rings (SSSR count). The van der Waals surface area contributed by atoms with Crippen LogP contribution in [0.4, 0.5) is 5.69 Å². The van der Waals surface area contributed by atoms with Gasteiger partial charge in [0, 0.05) is 6.26 Å². The molecule has 1 atom stereocenters. The van der Waals surface area contributed by atoms with Crippen molar-refractivity contribution in [3.8, 4) is 5.75 Å². The molecule has 0 saturated heterocycles. The van der Waals surface area contributed by atoms with Crippen LogP contribution in [0.3, 0.4) is 0 Å². The van der Waals surface area contributed by atoms with E-state index in [9.17, 15) is 8.42 Å². The smallest absolute Gasteiger partial charge is 0.272 e. The summed E-state index contributed by atoms with van der Waals surface area (Å²) < 4.78 is 27.4. The van der Waals surface area contributed by atoms with E-state index in [1.807, 2.05) is 6.07 Å². The van der Waals surface area contributed by atoms with E-state index in [2.05, 4.69) is 5.32 Å². The van der Waals surface area contributed by atoms with Gasteiger partial charge in [0.25, 0.3) is 5.56 Å². The van der Waals surface area contributed by atoms with Gasteiger partial charge in [0.2, 0.25) is 9.84 Å². The van der Waals surface area contributed by atoms with Crippen LogP contribution >= 0.6 is 0 Å². The minimum absolute atomic E-state index is 0.581. The fourth-order valence-electron chi connectivity index (χ4n) is 1.15. The van der Waals surface area contributed by atoms with Gasteiger partial charge in [0.05, 0.1) is 5.69 Å². The van der Waals surface area contributed by atoms with E-state index in [1.54, 1.807) is 18.2 Å². The molecule has 1 aliphatic rings. The van der Waals surface area contributed by atoms with Crippen LogP contribution in [0.15, 0.2) is 24.3 Å². The first kappa shape index (κ1) is 8.37. The lowest BCUT2D eigenvalue weighted by Crippen LogP contribution is -2.29. The number of anilines is 1. The first-order chi connectivity index (χ1) is 6.07. The second kappa shape index (κ2) is 2.63. The van der Waals surface area contributed by atoms with Crippen LogP contribution in [0.2, 0.25) is 0 Å². The van der Waals surface area contributed by atoms with Crippen molar-refractivity contribution in [2.24, 2.45) is 0 Å². The van der Waals surface area contributed by atoms with Gasteiger partial charge >= 0.3 is 0 Å². The minimum atomic E-state index is -3.20. The van der Waals surface area contributed by atoms with E-state index in [0.29, 0.717) is 5.75 Å². The molecule has 1 aromatic rings. The summed E-state index contributed by atoms with van der Waals surface area (Å²) in [6.45, 7) is 0. The van der Waals surface area contributed by atoms with Gasteiger partial charge in [0.15, 0.2) is 0 Å². The van der Waals surface area contributed by atoms with Crippen molar-refractivity contribution in [2.75, 3.05) is 11.6 Å². The van der Waals surface area contributed by atoms with Gasteiger partial charge in [-0.15, -0.1) is 0 Å². The lowest BCUT2D eigenvalue weighted by Gasteiger charge is -2.07. The average Bonchev–Trinajstić information content (AvgIpc) is 2.45. The van der Waals surface area contributed by atoms with Gasteiger partial charge in [-0.2, -0.15) is 0 Å². The van der Waals surface area contributed by atoms with Crippen LogP contribution in [0.5, 0.6) is 5.75 Å². The van der Waals surface area contributed by atoms with E-state index < -0.39 is 15.4 Å². The summed E-state index contributed by atoms with van der Waals surface area (Å²) in [6, 6.07) is 7.12. The van der Waals surface area contributed by atoms with Gasteiger partial charge in [0.1, 0.15) is 5.75 Å².